The van der Waals surface area contributed by atoms with E-state index >= 15 is 0 Å². The summed E-state index contributed by atoms with van der Waals surface area (Å²) in [6, 6.07) is 0. The highest BCUT2D eigenvalue weighted by Gasteiger charge is 2.63. The molecule has 9 heteroatoms. The van der Waals surface area contributed by atoms with Crippen molar-refractivity contribution in [2.24, 2.45) is 20.6 Å². The first-order chi connectivity index (χ1) is 17.8. The number of rotatable bonds is 24. The maximum absolute atomic E-state index is 5.89. The number of oxime groups is 4. The molecule has 37 heavy (non-hydrogen) atoms. The van der Waals surface area contributed by atoms with Gasteiger partial charge in [-0.3, -0.25) is 0 Å². The van der Waals surface area contributed by atoms with Crippen LogP contribution in [0.2, 0.25) is 0 Å². The summed E-state index contributed by atoms with van der Waals surface area (Å²) in [5.41, 5.74) is 3.38. The fourth-order valence-electron chi connectivity index (χ4n) is 3.34. The van der Waals surface area contributed by atoms with Crippen LogP contribution in [0.5, 0.6) is 0 Å². The maximum atomic E-state index is 5.89. The summed E-state index contributed by atoms with van der Waals surface area (Å²) < 4.78 is 23.6. The van der Waals surface area contributed by atoms with Crippen molar-refractivity contribution in [3.05, 3.63) is 0 Å². The Morgan fingerprint density at radius 2 is 0.622 bits per heavy atom. The van der Waals surface area contributed by atoms with Gasteiger partial charge in [0.1, 0.15) is 0 Å². The topological polar surface area (TPSA) is 86.4 Å². The van der Waals surface area contributed by atoms with Crippen LogP contribution in [0, 0.1) is 0 Å². The first-order valence-corrected chi connectivity index (χ1v) is 16.3. The van der Waals surface area contributed by atoms with Gasteiger partial charge in [0.15, 0.2) is 0 Å². The molecular formula is C28H56N4O4Si. The molecule has 0 aliphatic heterocycles. The van der Waals surface area contributed by atoms with E-state index in [2.05, 4.69) is 48.3 Å². The average Bonchev–Trinajstić information content (AvgIpc) is 2.88. The third kappa shape index (κ3) is 19.8. The second-order valence-corrected chi connectivity index (χ2v) is 11.7. The van der Waals surface area contributed by atoms with Crippen LogP contribution < -0.4 is 0 Å². The number of nitrogens with zero attached hydrogens (tertiary/aromatic N) is 4. The summed E-state index contributed by atoms with van der Waals surface area (Å²) in [5, 5.41) is 17.3. The number of unbranched alkanes of at least 4 members (excludes halogenated alkanes) is 8. The Bertz CT molecular complexity index is 578. The van der Waals surface area contributed by atoms with Crippen LogP contribution in [0.3, 0.4) is 0 Å². The zero-order chi connectivity index (χ0) is 27.8. The van der Waals surface area contributed by atoms with Crippen molar-refractivity contribution in [2.45, 2.75) is 158 Å². The number of hydrogen-bond acceptors (Lipinski definition) is 8. The molecule has 0 rings (SSSR count). The van der Waals surface area contributed by atoms with Crippen molar-refractivity contribution in [3.63, 3.8) is 0 Å². The Balaban J connectivity index is 5.91. The highest BCUT2D eigenvalue weighted by molar-refractivity contribution is 6.53. The third-order valence-electron chi connectivity index (χ3n) is 5.82. The van der Waals surface area contributed by atoms with Crippen LogP contribution in [0.25, 0.3) is 0 Å². The molecule has 0 N–H and O–H groups in total. The standard InChI is InChI=1S/C28H56N4O4Si/c1-9-13-17-21-25(5)29-33-37(34-30-26(6)22-18-14-10-2,35-31-27(7)23-19-15-11-3)36-32-28(8)24-20-16-12-4/h9-24H2,1-8H3. The lowest BCUT2D eigenvalue weighted by Gasteiger charge is -2.19. The Hall–Kier alpha value is -1.90. The van der Waals surface area contributed by atoms with E-state index in [1.165, 1.54) is 0 Å². The fraction of sp³-hybridized carbons (Fsp3) is 0.857. The Morgan fingerprint density at radius 1 is 0.405 bits per heavy atom. The summed E-state index contributed by atoms with van der Waals surface area (Å²) >= 11 is 0. The molecule has 0 aliphatic carbocycles. The van der Waals surface area contributed by atoms with Crippen molar-refractivity contribution >= 4 is 31.9 Å². The lowest BCUT2D eigenvalue weighted by atomic mass is 10.1. The quantitative estimate of drug-likeness (QED) is 0.0528. The normalized spacial score (nSPS) is 14.9. The minimum Gasteiger partial charge on any atom is -0.340 e. The lowest BCUT2D eigenvalue weighted by molar-refractivity contribution is -0.0320. The summed E-state index contributed by atoms with van der Waals surface area (Å²) in [6.45, 7) is 16.5. The highest BCUT2D eigenvalue weighted by atomic mass is 28.4. The van der Waals surface area contributed by atoms with Gasteiger partial charge in [-0.2, -0.15) is 0 Å². The molecule has 216 valence electrons. The smallest absolute Gasteiger partial charge is 0.340 e. The minimum atomic E-state index is -3.99. The van der Waals surface area contributed by atoms with Crippen LogP contribution in [0.1, 0.15) is 158 Å². The van der Waals surface area contributed by atoms with Crippen molar-refractivity contribution in [2.75, 3.05) is 0 Å². The van der Waals surface area contributed by atoms with Crippen molar-refractivity contribution < 1.29 is 18.1 Å². The van der Waals surface area contributed by atoms with Gasteiger partial charge < -0.3 is 18.1 Å². The van der Waals surface area contributed by atoms with E-state index in [9.17, 15) is 0 Å². The van der Waals surface area contributed by atoms with E-state index in [0.29, 0.717) is 0 Å². The van der Waals surface area contributed by atoms with Crippen LogP contribution in [0.4, 0.5) is 0 Å². The van der Waals surface area contributed by atoms with E-state index < -0.39 is 9.05 Å². The molecule has 0 aliphatic rings. The van der Waals surface area contributed by atoms with Crippen molar-refractivity contribution in [1.29, 1.82) is 0 Å². The summed E-state index contributed by atoms with van der Waals surface area (Å²) in [4.78, 5) is 0. The molecule has 8 nitrogen and oxygen atoms in total. The van der Waals surface area contributed by atoms with E-state index in [4.69, 9.17) is 18.1 Å². The van der Waals surface area contributed by atoms with Gasteiger partial charge in [0.25, 0.3) is 0 Å². The fourth-order valence-corrected chi connectivity index (χ4v) is 4.61. The minimum absolute atomic E-state index is 0.830. The highest BCUT2D eigenvalue weighted by Crippen LogP contribution is 2.18. The van der Waals surface area contributed by atoms with Gasteiger partial charge in [-0.25, -0.2) is 0 Å². The summed E-state index contributed by atoms with van der Waals surface area (Å²) in [5.74, 6) is 0. The zero-order valence-electron chi connectivity index (χ0n) is 25.2. The maximum Gasteiger partial charge on any atom is 1.05 e. The molecular weight excluding hydrogens is 484 g/mol. The van der Waals surface area contributed by atoms with Gasteiger partial charge in [-0.15, -0.1) is 20.6 Å². The van der Waals surface area contributed by atoms with Crippen LogP contribution in [-0.4, -0.2) is 31.9 Å². The Labute approximate surface area is 228 Å². The predicted octanol–water partition coefficient (Wildman–Crippen LogP) is 9.31. The SMILES string of the molecule is CCCCCC(C)=NO[Si](ON=C(C)CCCCC)(ON=C(C)CCCCC)ON=C(C)CCCCC. The summed E-state index contributed by atoms with van der Waals surface area (Å²) in [7, 11) is -3.99. The van der Waals surface area contributed by atoms with E-state index in [1.54, 1.807) is 0 Å². The molecule has 0 saturated carbocycles. The number of hydrogen-bond donors (Lipinski definition) is 0. The lowest BCUT2D eigenvalue weighted by Crippen LogP contribution is -2.45. The van der Waals surface area contributed by atoms with E-state index in [1.807, 2.05) is 27.7 Å². The first kappa shape index (κ1) is 35.1. The molecule has 0 saturated heterocycles. The Kier molecular flexibility index (Phi) is 22.0. The third-order valence-corrected chi connectivity index (χ3v) is 7.08. The molecule has 0 aromatic rings. The molecule has 0 spiro atoms. The molecule has 0 atom stereocenters. The molecule has 0 amide bonds. The van der Waals surface area contributed by atoms with Crippen LogP contribution >= 0.6 is 0 Å². The van der Waals surface area contributed by atoms with Crippen molar-refractivity contribution in [3.8, 4) is 0 Å². The largest absolute Gasteiger partial charge is 1.05 e. The van der Waals surface area contributed by atoms with Crippen molar-refractivity contribution in [1.82, 2.24) is 0 Å². The monoisotopic (exact) mass is 540 g/mol. The van der Waals surface area contributed by atoms with Crippen LogP contribution in [0.15, 0.2) is 20.6 Å². The predicted molar refractivity (Wildman–Crippen MR) is 159 cm³/mol. The molecule has 0 heterocycles. The van der Waals surface area contributed by atoms with Crippen LogP contribution in [-0.2, 0) is 18.1 Å². The van der Waals surface area contributed by atoms with Gasteiger partial charge in [0, 0.05) is 0 Å². The van der Waals surface area contributed by atoms with E-state index in [-0.39, 0.29) is 0 Å². The van der Waals surface area contributed by atoms with Gasteiger partial charge >= 0.3 is 9.05 Å². The Morgan fingerprint density at radius 3 is 0.811 bits per heavy atom. The molecule has 0 unspecified atom stereocenters. The molecule has 0 radical (unpaired) electrons. The molecule has 0 bridgehead atoms. The van der Waals surface area contributed by atoms with E-state index in [0.717, 1.165) is 126 Å². The zero-order valence-corrected chi connectivity index (χ0v) is 26.2. The molecule has 0 fully saturated rings. The van der Waals surface area contributed by atoms with Gasteiger partial charge in [-0.05, 0) is 79.1 Å². The second-order valence-electron chi connectivity index (χ2n) is 10.00. The molecule has 0 aromatic heterocycles. The average molecular weight is 541 g/mol. The second kappa shape index (κ2) is 23.2. The van der Waals surface area contributed by atoms with Gasteiger partial charge in [-0.1, -0.05) is 79.1 Å². The summed E-state index contributed by atoms with van der Waals surface area (Å²) in [6.07, 6.45) is 16.6. The van der Waals surface area contributed by atoms with Gasteiger partial charge in [0.05, 0.1) is 22.8 Å². The van der Waals surface area contributed by atoms with Gasteiger partial charge in [0.2, 0.25) is 0 Å². The first-order valence-electron chi connectivity index (χ1n) is 14.7. The molecule has 0 aromatic carbocycles.